The van der Waals surface area contributed by atoms with Crippen LogP contribution >= 0.6 is 11.3 Å². The van der Waals surface area contributed by atoms with Crippen LogP contribution in [0.5, 0.6) is 0 Å². The van der Waals surface area contributed by atoms with Gasteiger partial charge in [0, 0.05) is 41.2 Å². The Bertz CT molecular complexity index is 1080. The van der Waals surface area contributed by atoms with Gasteiger partial charge in [-0.3, -0.25) is 19.8 Å². The topological polar surface area (TPSA) is 74.3 Å². The molecule has 30 heavy (non-hydrogen) atoms. The number of likely N-dealkylation sites (N-methyl/N-ethyl adjacent to an activating group) is 1. The maximum atomic E-state index is 13.0. The van der Waals surface area contributed by atoms with Crippen LogP contribution in [0.1, 0.15) is 38.2 Å². The average molecular weight is 425 g/mol. The van der Waals surface area contributed by atoms with E-state index in [0.29, 0.717) is 21.9 Å². The lowest BCUT2D eigenvalue weighted by Gasteiger charge is -2.23. The van der Waals surface area contributed by atoms with Gasteiger partial charge in [0.1, 0.15) is 5.82 Å². The molecular weight excluding hydrogens is 403 g/mol. The lowest BCUT2D eigenvalue weighted by atomic mass is 10.1. The minimum atomic E-state index is -0.406. The molecule has 2 amide bonds. The Morgan fingerprint density at radius 3 is 2.63 bits per heavy atom. The van der Waals surface area contributed by atoms with Crippen molar-refractivity contribution in [3.05, 3.63) is 76.0 Å². The third-order valence-electron chi connectivity index (χ3n) is 4.97. The molecule has 0 saturated carbocycles. The first-order chi connectivity index (χ1) is 14.5. The van der Waals surface area contributed by atoms with E-state index in [1.807, 2.05) is 0 Å². The van der Waals surface area contributed by atoms with Gasteiger partial charge < -0.3 is 5.32 Å². The van der Waals surface area contributed by atoms with Crippen molar-refractivity contribution < 1.29 is 14.0 Å². The van der Waals surface area contributed by atoms with Gasteiger partial charge in [0.15, 0.2) is 5.13 Å². The van der Waals surface area contributed by atoms with Crippen LogP contribution in [0.2, 0.25) is 0 Å². The first kappa shape index (κ1) is 20.2. The first-order valence-electron chi connectivity index (χ1n) is 9.71. The quantitative estimate of drug-likeness (QED) is 0.645. The highest BCUT2D eigenvalue weighted by atomic mass is 32.1. The van der Waals surface area contributed by atoms with Crippen molar-refractivity contribution >= 4 is 34.0 Å². The summed E-state index contributed by atoms with van der Waals surface area (Å²) in [5.74, 6) is -1.07. The van der Waals surface area contributed by atoms with E-state index in [1.54, 1.807) is 24.3 Å². The van der Waals surface area contributed by atoms with Crippen LogP contribution in [0.4, 0.5) is 15.2 Å². The summed E-state index contributed by atoms with van der Waals surface area (Å²) in [5, 5.41) is 6.18. The maximum Gasteiger partial charge on any atom is 0.257 e. The number of rotatable bonds is 5. The van der Waals surface area contributed by atoms with Gasteiger partial charge in [0.25, 0.3) is 11.8 Å². The molecule has 0 fully saturated rings. The second-order valence-corrected chi connectivity index (χ2v) is 8.09. The predicted octanol–water partition coefficient (Wildman–Crippen LogP) is 4.16. The van der Waals surface area contributed by atoms with Crippen LogP contribution in [-0.2, 0) is 13.0 Å². The zero-order chi connectivity index (χ0) is 21.1. The SMILES string of the molecule is CCN1CCc2nc(NC(=O)c3cccc(NC(=O)c4ccc(F)cc4)c3)sc2C1. The smallest absolute Gasteiger partial charge is 0.257 e. The Labute approximate surface area is 177 Å². The van der Waals surface area contributed by atoms with Crippen molar-refractivity contribution in [1.82, 2.24) is 9.88 Å². The van der Waals surface area contributed by atoms with E-state index < -0.39 is 5.82 Å². The van der Waals surface area contributed by atoms with Gasteiger partial charge in [0.2, 0.25) is 0 Å². The zero-order valence-corrected chi connectivity index (χ0v) is 17.3. The van der Waals surface area contributed by atoms with E-state index >= 15 is 0 Å². The van der Waals surface area contributed by atoms with Gasteiger partial charge in [-0.2, -0.15) is 0 Å². The molecule has 0 aliphatic carbocycles. The summed E-state index contributed by atoms with van der Waals surface area (Å²) in [6, 6.07) is 11.9. The largest absolute Gasteiger partial charge is 0.322 e. The molecule has 2 aromatic carbocycles. The number of hydrogen-bond donors (Lipinski definition) is 2. The van der Waals surface area contributed by atoms with Crippen LogP contribution in [0.15, 0.2) is 48.5 Å². The number of carbonyl (C=O) groups excluding carboxylic acids is 2. The molecule has 8 heteroatoms. The molecule has 0 spiro atoms. The van der Waals surface area contributed by atoms with Gasteiger partial charge in [0.05, 0.1) is 5.69 Å². The van der Waals surface area contributed by atoms with E-state index in [1.165, 1.54) is 40.5 Å². The van der Waals surface area contributed by atoms with Crippen molar-refractivity contribution in [3.63, 3.8) is 0 Å². The monoisotopic (exact) mass is 424 g/mol. The highest BCUT2D eigenvalue weighted by molar-refractivity contribution is 7.15. The van der Waals surface area contributed by atoms with Crippen LogP contribution < -0.4 is 10.6 Å². The molecule has 2 N–H and O–H groups in total. The fraction of sp³-hybridized carbons (Fsp3) is 0.227. The van der Waals surface area contributed by atoms with Gasteiger partial charge in [-0.25, -0.2) is 9.37 Å². The molecule has 0 atom stereocenters. The fourth-order valence-corrected chi connectivity index (χ4v) is 4.33. The van der Waals surface area contributed by atoms with Crippen molar-refractivity contribution in [2.75, 3.05) is 23.7 Å². The van der Waals surface area contributed by atoms with Crippen molar-refractivity contribution in [2.24, 2.45) is 0 Å². The minimum Gasteiger partial charge on any atom is -0.322 e. The number of fused-ring (bicyclic) bond motifs is 1. The van der Waals surface area contributed by atoms with Crippen molar-refractivity contribution in [3.8, 4) is 0 Å². The van der Waals surface area contributed by atoms with Gasteiger partial charge in [-0.1, -0.05) is 13.0 Å². The number of carbonyl (C=O) groups is 2. The Balaban J connectivity index is 1.43. The van der Waals surface area contributed by atoms with E-state index in [0.717, 1.165) is 31.7 Å². The van der Waals surface area contributed by atoms with Gasteiger partial charge in [-0.05, 0) is 49.0 Å². The molecule has 1 aliphatic heterocycles. The van der Waals surface area contributed by atoms with Crippen LogP contribution in [0, 0.1) is 5.82 Å². The molecule has 6 nitrogen and oxygen atoms in total. The molecule has 3 aromatic rings. The Kier molecular flexibility index (Phi) is 5.87. The van der Waals surface area contributed by atoms with E-state index in [-0.39, 0.29) is 11.8 Å². The Morgan fingerprint density at radius 2 is 1.87 bits per heavy atom. The normalized spacial score (nSPS) is 13.5. The first-order valence-corrected chi connectivity index (χ1v) is 10.5. The molecule has 1 aliphatic rings. The molecule has 2 heterocycles. The Hall–Kier alpha value is -3.10. The summed E-state index contributed by atoms with van der Waals surface area (Å²) in [5.41, 5.74) is 2.28. The number of aromatic nitrogens is 1. The maximum absolute atomic E-state index is 13.0. The van der Waals surface area contributed by atoms with Crippen LogP contribution in [0.25, 0.3) is 0 Å². The highest BCUT2D eigenvalue weighted by Gasteiger charge is 2.20. The lowest BCUT2D eigenvalue weighted by Crippen LogP contribution is -2.29. The number of hydrogen-bond acceptors (Lipinski definition) is 5. The van der Waals surface area contributed by atoms with E-state index in [9.17, 15) is 14.0 Å². The minimum absolute atomic E-state index is 0.286. The lowest BCUT2D eigenvalue weighted by molar-refractivity contribution is 0.101. The molecule has 1 aromatic heterocycles. The average Bonchev–Trinajstić information content (AvgIpc) is 3.15. The third-order valence-corrected chi connectivity index (χ3v) is 5.96. The summed E-state index contributed by atoms with van der Waals surface area (Å²) in [6.45, 7) is 4.98. The van der Waals surface area contributed by atoms with Gasteiger partial charge in [-0.15, -0.1) is 11.3 Å². The zero-order valence-electron chi connectivity index (χ0n) is 16.4. The van der Waals surface area contributed by atoms with E-state index in [4.69, 9.17) is 0 Å². The van der Waals surface area contributed by atoms with Gasteiger partial charge >= 0.3 is 0 Å². The highest BCUT2D eigenvalue weighted by Crippen LogP contribution is 2.28. The third kappa shape index (κ3) is 4.55. The standard InChI is InChI=1S/C22H21FN4O2S/c1-2-27-11-10-18-19(13-27)30-22(25-18)26-21(29)15-4-3-5-17(12-15)24-20(28)14-6-8-16(23)9-7-14/h3-9,12H,2,10-11,13H2,1H3,(H,24,28)(H,25,26,29). The molecule has 154 valence electrons. The molecule has 0 saturated heterocycles. The summed E-state index contributed by atoms with van der Waals surface area (Å²) >= 11 is 1.51. The number of amides is 2. The number of benzene rings is 2. The number of anilines is 2. The molecule has 0 bridgehead atoms. The summed E-state index contributed by atoms with van der Waals surface area (Å²) in [7, 11) is 0. The second kappa shape index (κ2) is 8.73. The predicted molar refractivity (Wildman–Crippen MR) is 116 cm³/mol. The molecular formula is C22H21FN4O2S. The Morgan fingerprint density at radius 1 is 1.10 bits per heavy atom. The van der Waals surface area contributed by atoms with Crippen molar-refractivity contribution in [2.45, 2.75) is 19.9 Å². The summed E-state index contributed by atoms with van der Waals surface area (Å²) in [4.78, 5) is 33.1. The van der Waals surface area contributed by atoms with Crippen molar-refractivity contribution in [1.29, 1.82) is 0 Å². The number of halogens is 1. The van der Waals surface area contributed by atoms with Crippen LogP contribution in [0.3, 0.4) is 0 Å². The number of thiazole rings is 1. The molecule has 4 rings (SSSR count). The molecule has 0 radical (unpaired) electrons. The number of nitrogens with one attached hydrogen (secondary N) is 2. The fourth-order valence-electron chi connectivity index (χ4n) is 3.28. The summed E-state index contributed by atoms with van der Waals surface area (Å²) < 4.78 is 13.0. The van der Waals surface area contributed by atoms with E-state index in [2.05, 4.69) is 27.4 Å². The number of nitrogens with zero attached hydrogens (tertiary/aromatic N) is 2. The van der Waals surface area contributed by atoms with Crippen LogP contribution in [-0.4, -0.2) is 34.8 Å². The second-order valence-electron chi connectivity index (χ2n) is 7.00. The molecule has 0 unspecified atom stereocenters. The summed E-state index contributed by atoms with van der Waals surface area (Å²) in [6.07, 6.45) is 0.889.